The van der Waals surface area contributed by atoms with Gasteiger partial charge in [0.05, 0.1) is 5.54 Å². The van der Waals surface area contributed by atoms with Crippen LogP contribution in [0.15, 0.2) is 54.4 Å². The van der Waals surface area contributed by atoms with Crippen molar-refractivity contribution in [2.45, 2.75) is 76.7 Å². The van der Waals surface area contributed by atoms with Crippen molar-refractivity contribution >= 4 is 11.1 Å². The number of hydrogen-bond acceptors (Lipinski definition) is 1. The van der Waals surface area contributed by atoms with Crippen molar-refractivity contribution in [1.82, 2.24) is 4.90 Å². The van der Waals surface area contributed by atoms with E-state index < -0.39 is 5.54 Å². The third-order valence-corrected chi connectivity index (χ3v) is 8.33. The van der Waals surface area contributed by atoms with Crippen molar-refractivity contribution in [1.29, 1.82) is 0 Å². The lowest BCUT2D eigenvalue weighted by molar-refractivity contribution is 0.0724. The summed E-state index contributed by atoms with van der Waals surface area (Å²) in [6.45, 7) is 7.93. The lowest BCUT2D eigenvalue weighted by Crippen LogP contribution is -2.51. The number of nitrogens with zero attached hydrogens (tertiary/aromatic N) is 1. The fourth-order valence-electron chi connectivity index (χ4n) is 6.24. The maximum Gasteiger partial charge on any atom is 0.121 e. The maximum absolute atomic E-state index is 15.5. The van der Waals surface area contributed by atoms with E-state index >= 15 is 4.39 Å². The highest BCUT2D eigenvalue weighted by atomic mass is 19.1. The van der Waals surface area contributed by atoms with Gasteiger partial charge in [-0.15, -0.1) is 6.58 Å². The summed E-state index contributed by atoms with van der Waals surface area (Å²) in [5.74, 6) is 0.746. The summed E-state index contributed by atoms with van der Waals surface area (Å²) in [4.78, 5) is 2.37. The van der Waals surface area contributed by atoms with Gasteiger partial charge in [0.2, 0.25) is 0 Å². The molecule has 1 aromatic carbocycles. The second-order valence-electron chi connectivity index (χ2n) is 10.3. The molecular weight excluding hydrogens is 381 g/mol. The van der Waals surface area contributed by atoms with E-state index in [4.69, 9.17) is 0 Å². The van der Waals surface area contributed by atoms with E-state index in [1.165, 1.54) is 48.8 Å². The van der Waals surface area contributed by atoms with Gasteiger partial charge in [-0.3, -0.25) is 4.90 Å². The number of allylic oxidation sites excluding steroid dienone is 5. The molecule has 1 saturated heterocycles. The van der Waals surface area contributed by atoms with Crippen molar-refractivity contribution in [3.63, 3.8) is 0 Å². The first-order valence-electron chi connectivity index (χ1n) is 12.4. The predicted octanol–water partition coefficient (Wildman–Crippen LogP) is 7.89. The van der Waals surface area contributed by atoms with Crippen LogP contribution in [0.5, 0.6) is 0 Å². The molecule has 1 fully saturated rings. The second kappa shape index (κ2) is 8.54. The van der Waals surface area contributed by atoms with Gasteiger partial charge in [0.25, 0.3) is 0 Å². The number of fused-ring (bicyclic) bond motifs is 2. The van der Waals surface area contributed by atoms with Crippen LogP contribution in [0.3, 0.4) is 0 Å². The van der Waals surface area contributed by atoms with Gasteiger partial charge in [-0.05, 0) is 118 Å². The zero-order valence-corrected chi connectivity index (χ0v) is 19.1. The summed E-state index contributed by atoms with van der Waals surface area (Å²) in [6, 6.07) is 6.87. The van der Waals surface area contributed by atoms with Crippen LogP contribution in [0.2, 0.25) is 0 Å². The molecule has 1 atom stereocenters. The monoisotopic (exact) mass is 419 g/mol. The fourth-order valence-corrected chi connectivity index (χ4v) is 6.24. The van der Waals surface area contributed by atoms with E-state index in [1.807, 2.05) is 12.2 Å². The molecule has 3 aliphatic carbocycles. The summed E-state index contributed by atoms with van der Waals surface area (Å²) < 4.78 is 15.5. The Morgan fingerprint density at radius 1 is 1.19 bits per heavy atom. The van der Waals surface area contributed by atoms with Gasteiger partial charge in [0.1, 0.15) is 5.83 Å². The molecule has 2 heteroatoms. The van der Waals surface area contributed by atoms with Gasteiger partial charge in [-0.25, -0.2) is 4.39 Å². The first-order chi connectivity index (χ1) is 15.1. The Morgan fingerprint density at radius 3 is 2.77 bits per heavy atom. The summed E-state index contributed by atoms with van der Waals surface area (Å²) in [7, 11) is 0. The van der Waals surface area contributed by atoms with Crippen LogP contribution in [-0.4, -0.2) is 23.5 Å². The average Bonchev–Trinajstić information content (AvgIpc) is 2.96. The number of hydrogen-bond donors (Lipinski definition) is 0. The van der Waals surface area contributed by atoms with E-state index in [9.17, 15) is 0 Å². The van der Waals surface area contributed by atoms with Crippen molar-refractivity contribution in [2.24, 2.45) is 5.92 Å². The maximum atomic E-state index is 15.5. The van der Waals surface area contributed by atoms with Gasteiger partial charge in [0, 0.05) is 1.43 Å². The van der Waals surface area contributed by atoms with Crippen molar-refractivity contribution in [2.75, 3.05) is 13.1 Å². The number of likely N-dealkylation sites (tertiary alicyclic amines) is 1. The van der Waals surface area contributed by atoms with Crippen LogP contribution in [0, 0.1) is 5.92 Å². The third-order valence-electron chi connectivity index (χ3n) is 8.33. The molecule has 0 aromatic heterocycles. The molecule has 0 saturated carbocycles. The zero-order chi connectivity index (χ0) is 21.4. The molecule has 1 unspecified atom stereocenters. The van der Waals surface area contributed by atoms with Crippen LogP contribution in [0.1, 0.15) is 82.8 Å². The smallest absolute Gasteiger partial charge is 0.121 e. The highest BCUT2D eigenvalue weighted by molar-refractivity contribution is 5.82. The topological polar surface area (TPSA) is 3.24 Å². The van der Waals surface area contributed by atoms with E-state index in [1.54, 1.807) is 11.1 Å². The molecule has 31 heavy (non-hydrogen) atoms. The quantitative estimate of drug-likeness (QED) is 0.448. The normalized spacial score (nSPS) is 27.3. The second-order valence-corrected chi connectivity index (χ2v) is 10.3. The minimum Gasteiger partial charge on any atom is -0.292 e. The first-order valence-corrected chi connectivity index (χ1v) is 12.4. The molecule has 166 valence electrons. The summed E-state index contributed by atoms with van der Waals surface area (Å²) in [6.07, 6.45) is 17.9. The molecular formula is C29H38FN. The van der Waals surface area contributed by atoms with Crippen LogP contribution in [-0.2, 0) is 6.42 Å². The van der Waals surface area contributed by atoms with Gasteiger partial charge < -0.3 is 0 Å². The van der Waals surface area contributed by atoms with E-state index in [0.29, 0.717) is 5.92 Å². The van der Waals surface area contributed by atoms with Crippen LogP contribution < -0.4 is 0 Å². The lowest BCUT2D eigenvalue weighted by Gasteiger charge is -2.45. The molecule has 0 bridgehead atoms. The van der Waals surface area contributed by atoms with Crippen LogP contribution in [0.25, 0.3) is 11.1 Å². The average molecular weight is 420 g/mol. The van der Waals surface area contributed by atoms with E-state index in [-0.39, 0.29) is 7.25 Å². The number of benzene rings is 1. The lowest BCUT2D eigenvalue weighted by atomic mass is 9.82. The first kappa shape index (κ1) is 20.9. The molecule has 0 radical (unpaired) electrons. The summed E-state index contributed by atoms with van der Waals surface area (Å²) in [5, 5.41) is 0. The Hall–Kier alpha value is -1.93. The van der Waals surface area contributed by atoms with Crippen molar-refractivity contribution in [3.05, 3.63) is 71.1 Å². The third kappa shape index (κ3) is 3.89. The Morgan fingerprint density at radius 2 is 2.00 bits per heavy atom. The Bertz CT molecular complexity index is 963. The molecule has 1 aromatic rings. The van der Waals surface area contributed by atoms with Gasteiger partial charge >= 0.3 is 0 Å². The minimum atomic E-state index is -0.488. The standard InChI is InChI=1S/C29H36FN.H2/c1-3-7-21-13-16-31(17-14-21)29(2)15-12-23(20-28(29)30)22-10-11-27-25(18-22)19-24-8-5-4-6-9-26(24)27;/h3,10-12,18,20-21H,1,4-9,13-17,19H2,2H3;1H. The Balaban J connectivity index is 0.00000245. The highest BCUT2D eigenvalue weighted by Crippen LogP contribution is 2.43. The molecule has 4 aliphatic rings. The highest BCUT2D eigenvalue weighted by Gasteiger charge is 2.39. The molecule has 0 N–H and O–H groups in total. The zero-order valence-electron chi connectivity index (χ0n) is 19.1. The van der Waals surface area contributed by atoms with Gasteiger partial charge in [-0.1, -0.05) is 42.3 Å². The largest absolute Gasteiger partial charge is 0.292 e. The number of halogens is 1. The van der Waals surface area contributed by atoms with Crippen LogP contribution in [0.4, 0.5) is 4.39 Å². The SMILES string of the molecule is C=CCC1CCN(C2(C)CC=C(c3ccc4c(c3)CC3=C4CCCCC3)C=C2F)CC1.[HH]. The summed E-state index contributed by atoms with van der Waals surface area (Å²) >= 11 is 0. The molecule has 0 amide bonds. The van der Waals surface area contributed by atoms with Crippen molar-refractivity contribution < 1.29 is 5.82 Å². The molecule has 0 spiro atoms. The molecule has 5 rings (SSSR count). The number of piperidine rings is 1. The molecule has 1 nitrogen and oxygen atoms in total. The minimum absolute atomic E-state index is 0. The molecule has 1 aliphatic heterocycles. The Kier molecular flexibility index (Phi) is 5.77. The van der Waals surface area contributed by atoms with Gasteiger partial charge in [0.15, 0.2) is 0 Å². The summed E-state index contributed by atoms with van der Waals surface area (Å²) in [5.41, 5.74) is 7.95. The predicted molar refractivity (Wildman–Crippen MR) is 132 cm³/mol. The fraction of sp³-hybridized carbons (Fsp3) is 0.517. The number of rotatable bonds is 4. The van der Waals surface area contributed by atoms with Gasteiger partial charge in [-0.2, -0.15) is 0 Å². The Labute approximate surface area is 188 Å². The van der Waals surface area contributed by atoms with E-state index in [0.717, 1.165) is 50.8 Å². The van der Waals surface area contributed by atoms with Crippen LogP contribution >= 0.6 is 0 Å². The molecule has 1 heterocycles. The van der Waals surface area contributed by atoms with Crippen molar-refractivity contribution in [3.8, 4) is 0 Å². The van der Waals surface area contributed by atoms with E-state index in [2.05, 4.69) is 42.7 Å².